The number of benzene rings is 2. The van der Waals surface area contributed by atoms with Gasteiger partial charge in [0.25, 0.3) is 17.9 Å². The van der Waals surface area contributed by atoms with Gasteiger partial charge in [0, 0.05) is 31.2 Å². The van der Waals surface area contributed by atoms with Gasteiger partial charge in [0.15, 0.2) is 11.4 Å². The molecule has 2 unspecified atom stereocenters. The van der Waals surface area contributed by atoms with E-state index in [1.165, 1.54) is 25.3 Å². The average molecular weight is 659 g/mol. The molecule has 2 atom stereocenters. The van der Waals surface area contributed by atoms with Gasteiger partial charge < -0.3 is 14.8 Å². The Balaban J connectivity index is 1.16. The molecule has 9 nitrogen and oxygen atoms in total. The number of aromatic nitrogens is 3. The number of methoxy groups -OCH3 is 1. The third-order valence-corrected chi connectivity index (χ3v) is 10.1. The number of H-pyrrole nitrogens is 1. The fraction of sp³-hybridized carbons (Fsp3) is 0.429. The molecule has 4 aliphatic rings. The molecule has 2 aromatic carbocycles. The lowest BCUT2D eigenvalue weighted by atomic mass is 9.34. The average Bonchev–Trinajstić information content (AvgIpc) is 3.31. The zero-order valence-corrected chi connectivity index (χ0v) is 24.1. The molecule has 1 heterocycles. The lowest BCUT2D eigenvalue weighted by molar-refractivity contribution is -0.360. The number of hydrogen-bond acceptors (Lipinski definition) is 6. The molecule has 2 bridgehead atoms. The Kier molecular flexibility index (Phi) is 5.92. The number of nitrogens with zero attached hydrogens (tertiary/aromatic N) is 2. The molecule has 16 heteroatoms. The summed E-state index contributed by atoms with van der Waals surface area (Å²) in [6, 6.07) is 6.38. The van der Waals surface area contributed by atoms with Gasteiger partial charge in [-0.3, -0.25) is 14.6 Å². The van der Waals surface area contributed by atoms with Crippen LogP contribution in [0.3, 0.4) is 0 Å². The Morgan fingerprint density at radius 3 is 2.16 bits per heavy atom. The van der Waals surface area contributed by atoms with E-state index in [0.29, 0.717) is 4.68 Å². The first-order valence-electron chi connectivity index (χ1n) is 13.4. The van der Waals surface area contributed by atoms with Crippen molar-refractivity contribution in [3.63, 3.8) is 0 Å². The van der Waals surface area contributed by atoms with Crippen LogP contribution in [0.4, 0.5) is 22.0 Å². The molecule has 3 aromatic rings. The van der Waals surface area contributed by atoms with Crippen LogP contribution >= 0.6 is 23.2 Å². The van der Waals surface area contributed by atoms with E-state index in [9.17, 15) is 23.2 Å². The van der Waals surface area contributed by atoms with E-state index in [-0.39, 0.29) is 70.6 Å². The summed E-state index contributed by atoms with van der Waals surface area (Å²) in [5, 5.41) is 5.79. The van der Waals surface area contributed by atoms with Crippen LogP contribution in [-0.2, 0) is 0 Å². The predicted molar refractivity (Wildman–Crippen MR) is 146 cm³/mol. The third-order valence-electron chi connectivity index (χ3n) is 9.56. The van der Waals surface area contributed by atoms with Crippen LogP contribution < -0.4 is 26.0 Å². The minimum absolute atomic E-state index is 0.0348. The van der Waals surface area contributed by atoms with E-state index in [1.54, 1.807) is 4.98 Å². The second-order valence-corrected chi connectivity index (χ2v) is 12.8. The van der Waals surface area contributed by atoms with E-state index in [4.69, 9.17) is 32.7 Å². The first kappa shape index (κ1) is 29.1. The smallest absolute Gasteiger partial charge is 0.349 e. The molecule has 44 heavy (non-hydrogen) atoms. The SMILES string of the molecule is COc1ccc(Oc2c(Cl)cc(-n3nc(C(F)F)c(=O)[nH]c3=O)cc2Cl)cc1C(=O)NC12CC3(F)CC4(F)CC(F)(C1)C34C2. The zero-order valence-electron chi connectivity index (χ0n) is 22.6. The highest BCUT2D eigenvalue weighted by atomic mass is 35.5. The molecule has 0 saturated heterocycles. The number of nitrogens with one attached hydrogen (secondary N) is 2. The Hall–Kier alpha value is -3.65. The molecule has 1 spiro atoms. The largest absolute Gasteiger partial charge is 0.496 e. The van der Waals surface area contributed by atoms with Crippen LogP contribution in [0.25, 0.3) is 5.69 Å². The van der Waals surface area contributed by atoms with Crippen LogP contribution in [0.2, 0.25) is 10.0 Å². The van der Waals surface area contributed by atoms with Crippen molar-refractivity contribution in [3.05, 3.63) is 72.5 Å². The Morgan fingerprint density at radius 1 is 1.00 bits per heavy atom. The van der Waals surface area contributed by atoms with Gasteiger partial charge in [-0.2, -0.15) is 9.78 Å². The molecule has 0 aliphatic heterocycles. The number of rotatable bonds is 7. The highest BCUT2D eigenvalue weighted by molar-refractivity contribution is 6.37. The Labute approximate surface area is 254 Å². The second-order valence-electron chi connectivity index (χ2n) is 12.0. The summed E-state index contributed by atoms with van der Waals surface area (Å²) in [6.07, 6.45) is -4.54. The van der Waals surface area contributed by atoms with E-state index < -0.39 is 57.2 Å². The van der Waals surface area contributed by atoms with E-state index in [0.717, 1.165) is 12.1 Å². The van der Waals surface area contributed by atoms with Crippen LogP contribution in [-0.4, -0.2) is 50.3 Å². The van der Waals surface area contributed by atoms with Gasteiger partial charge in [0.05, 0.1) is 33.8 Å². The maximum absolute atomic E-state index is 15.6. The summed E-state index contributed by atoms with van der Waals surface area (Å²) >= 11 is 12.7. The lowest BCUT2D eigenvalue weighted by Crippen LogP contribution is -2.85. The standard InChI is InChI=1S/C28H21Cl2F5N4O5/c1-43-17-3-2-13(44-19-15(29)4-12(5-16(19)30)39-23(42)36-22(41)18(38-39)20(31)32)6-14(17)21(40)37-24-7-25(33)10-27(35)11-26(34,8-24)28(25,27)9-24/h2-6,20H,7-11H2,1H3,(H,37,40)(H,36,41,42). The number of ether oxygens (including phenoxy) is 2. The topological polar surface area (TPSA) is 115 Å². The number of aromatic amines is 1. The van der Waals surface area contributed by atoms with Gasteiger partial charge in [0.2, 0.25) is 0 Å². The molecule has 7 rings (SSSR count). The van der Waals surface area contributed by atoms with E-state index in [2.05, 4.69) is 10.4 Å². The van der Waals surface area contributed by atoms with Crippen LogP contribution in [0.15, 0.2) is 39.9 Å². The van der Waals surface area contributed by atoms with Crippen molar-refractivity contribution in [2.75, 3.05) is 7.11 Å². The molecular formula is C28H21Cl2F5N4O5. The number of fused-ring (bicyclic) bond motifs is 1. The van der Waals surface area contributed by atoms with Gasteiger partial charge in [-0.25, -0.2) is 26.7 Å². The zero-order chi connectivity index (χ0) is 31.6. The monoisotopic (exact) mass is 658 g/mol. The highest BCUT2D eigenvalue weighted by Gasteiger charge is 2.99. The van der Waals surface area contributed by atoms with Gasteiger partial charge >= 0.3 is 5.69 Å². The number of carbonyl (C=O) groups excluding carboxylic acids is 1. The summed E-state index contributed by atoms with van der Waals surface area (Å²) in [5.74, 6) is -0.709. The maximum Gasteiger partial charge on any atom is 0.349 e. The fourth-order valence-corrected chi connectivity index (χ4v) is 8.75. The van der Waals surface area contributed by atoms with E-state index in [1.807, 2.05) is 0 Å². The quantitative estimate of drug-likeness (QED) is 0.322. The third kappa shape index (κ3) is 3.63. The number of halogens is 7. The van der Waals surface area contributed by atoms with Gasteiger partial charge in [0.1, 0.15) is 28.5 Å². The number of alkyl halides is 5. The first-order valence-corrected chi connectivity index (χ1v) is 14.1. The van der Waals surface area contributed by atoms with Crippen LogP contribution in [0, 0.1) is 5.41 Å². The van der Waals surface area contributed by atoms with Crippen LogP contribution in [0.1, 0.15) is 54.6 Å². The van der Waals surface area contributed by atoms with Crippen LogP contribution in [0.5, 0.6) is 17.2 Å². The van der Waals surface area contributed by atoms with E-state index >= 15 is 13.2 Å². The second kappa shape index (κ2) is 8.96. The van der Waals surface area contributed by atoms with Crippen molar-refractivity contribution in [1.29, 1.82) is 0 Å². The fourth-order valence-electron chi connectivity index (χ4n) is 8.20. The van der Waals surface area contributed by atoms with Gasteiger partial charge in [-0.15, -0.1) is 0 Å². The summed E-state index contributed by atoms with van der Waals surface area (Å²) in [7, 11) is 1.32. The summed E-state index contributed by atoms with van der Waals surface area (Å²) in [5.41, 5.74) is -12.8. The molecule has 0 radical (unpaired) electrons. The minimum atomic E-state index is -3.26. The normalized spacial score (nSPS) is 32.6. The summed E-state index contributed by atoms with van der Waals surface area (Å²) in [4.78, 5) is 39.1. The van der Waals surface area contributed by atoms with Crippen molar-refractivity contribution < 1.29 is 36.2 Å². The molecule has 1 amide bonds. The summed E-state index contributed by atoms with van der Waals surface area (Å²) < 4.78 is 84.4. The number of amides is 1. The highest BCUT2D eigenvalue weighted by Crippen LogP contribution is 2.89. The molecule has 4 saturated carbocycles. The van der Waals surface area contributed by atoms with Crippen molar-refractivity contribution >= 4 is 29.1 Å². The first-order chi connectivity index (χ1) is 20.6. The van der Waals surface area contributed by atoms with Crippen molar-refractivity contribution in [2.24, 2.45) is 5.41 Å². The molecular weight excluding hydrogens is 638 g/mol. The van der Waals surface area contributed by atoms with Crippen molar-refractivity contribution in [3.8, 4) is 22.9 Å². The maximum atomic E-state index is 15.6. The molecule has 2 N–H and O–H groups in total. The predicted octanol–water partition coefficient (Wildman–Crippen LogP) is 5.55. The Morgan fingerprint density at radius 2 is 1.61 bits per heavy atom. The molecule has 1 aromatic heterocycles. The van der Waals surface area contributed by atoms with Gasteiger partial charge in [-0.05, 0) is 36.8 Å². The van der Waals surface area contributed by atoms with Crippen molar-refractivity contribution in [1.82, 2.24) is 20.1 Å². The lowest BCUT2D eigenvalue weighted by Gasteiger charge is -2.74. The van der Waals surface area contributed by atoms with Gasteiger partial charge in [-0.1, -0.05) is 23.2 Å². The summed E-state index contributed by atoms with van der Waals surface area (Å²) in [6.45, 7) is 0. The number of hydrogen-bond donors (Lipinski definition) is 2. The molecule has 4 fully saturated rings. The van der Waals surface area contributed by atoms with Crippen molar-refractivity contribution in [2.45, 2.75) is 61.1 Å². The molecule has 4 aliphatic carbocycles. The molecule has 232 valence electrons. The Bertz CT molecular complexity index is 1860. The minimum Gasteiger partial charge on any atom is -0.496 e. The number of carbonyl (C=O) groups is 1.